The second-order valence-corrected chi connectivity index (χ2v) is 6.37. The van der Waals surface area contributed by atoms with Crippen molar-refractivity contribution in [2.45, 2.75) is 60.1 Å². The fourth-order valence-electron chi connectivity index (χ4n) is 1.71. The molecule has 0 saturated carbocycles. The van der Waals surface area contributed by atoms with Gasteiger partial charge in [0.1, 0.15) is 11.6 Å². The molecule has 0 aromatic rings. The second-order valence-electron chi connectivity index (χ2n) is 6.37. The Bertz CT molecular complexity index is 312. The molecular formula is C13H25NO4. The highest BCUT2D eigenvalue weighted by atomic mass is 16.6. The highest BCUT2D eigenvalue weighted by Crippen LogP contribution is 2.26. The van der Waals surface area contributed by atoms with Crippen LogP contribution in [-0.4, -0.2) is 40.3 Å². The Hall–Kier alpha value is -1.26. The number of hydrogen-bond donors (Lipinski definition) is 1. The van der Waals surface area contributed by atoms with Crippen LogP contribution in [0.1, 0.15) is 48.5 Å². The summed E-state index contributed by atoms with van der Waals surface area (Å²) in [7, 11) is 0. The molecule has 18 heavy (non-hydrogen) atoms. The molecule has 0 radical (unpaired) electrons. The van der Waals surface area contributed by atoms with Crippen molar-refractivity contribution in [2.75, 3.05) is 6.54 Å². The number of aliphatic carboxylic acids is 1. The lowest BCUT2D eigenvalue weighted by Crippen LogP contribution is -2.53. The molecule has 0 rings (SSSR count). The van der Waals surface area contributed by atoms with E-state index in [0.717, 1.165) is 0 Å². The zero-order valence-corrected chi connectivity index (χ0v) is 12.4. The largest absolute Gasteiger partial charge is 0.480 e. The van der Waals surface area contributed by atoms with Crippen LogP contribution in [-0.2, 0) is 9.53 Å². The first kappa shape index (κ1) is 16.7. The van der Waals surface area contributed by atoms with E-state index in [1.807, 2.05) is 0 Å². The molecule has 0 aliphatic rings. The summed E-state index contributed by atoms with van der Waals surface area (Å²) in [5.74, 6) is -1.02. The summed E-state index contributed by atoms with van der Waals surface area (Å²) in [5.41, 5.74) is -1.19. The van der Waals surface area contributed by atoms with Gasteiger partial charge in [-0.3, -0.25) is 4.90 Å². The van der Waals surface area contributed by atoms with E-state index in [1.165, 1.54) is 4.90 Å². The van der Waals surface area contributed by atoms with Gasteiger partial charge in [-0.25, -0.2) is 9.59 Å². The Morgan fingerprint density at radius 2 is 1.61 bits per heavy atom. The molecule has 0 aromatic carbocycles. The van der Waals surface area contributed by atoms with Crippen LogP contribution < -0.4 is 0 Å². The molecule has 1 N–H and O–H groups in total. The lowest BCUT2D eigenvalue weighted by molar-refractivity contribution is -0.147. The summed E-state index contributed by atoms with van der Waals surface area (Å²) in [6.45, 7) is 12.7. The van der Waals surface area contributed by atoms with Crippen molar-refractivity contribution in [3.8, 4) is 0 Å². The van der Waals surface area contributed by atoms with Crippen molar-refractivity contribution < 1.29 is 19.4 Å². The smallest absolute Gasteiger partial charge is 0.411 e. The molecular weight excluding hydrogens is 234 g/mol. The molecule has 1 atom stereocenters. The molecule has 5 heteroatoms. The number of rotatable bonds is 3. The van der Waals surface area contributed by atoms with Crippen LogP contribution in [0, 0.1) is 5.41 Å². The average molecular weight is 259 g/mol. The van der Waals surface area contributed by atoms with Gasteiger partial charge in [0.15, 0.2) is 0 Å². The molecule has 0 aliphatic heterocycles. The lowest BCUT2D eigenvalue weighted by atomic mass is 9.86. The van der Waals surface area contributed by atoms with Gasteiger partial charge in [-0.15, -0.1) is 0 Å². The molecule has 0 bridgehead atoms. The van der Waals surface area contributed by atoms with Crippen LogP contribution in [0.4, 0.5) is 4.79 Å². The zero-order valence-electron chi connectivity index (χ0n) is 12.4. The van der Waals surface area contributed by atoms with Crippen LogP contribution >= 0.6 is 0 Å². The molecule has 0 aliphatic carbocycles. The van der Waals surface area contributed by atoms with Crippen LogP contribution in [0.2, 0.25) is 0 Å². The van der Waals surface area contributed by atoms with E-state index in [9.17, 15) is 14.7 Å². The van der Waals surface area contributed by atoms with Gasteiger partial charge < -0.3 is 9.84 Å². The Balaban J connectivity index is 5.16. The summed E-state index contributed by atoms with van der Waals surface area (Å²) < 4.78 is 5.24. The van der Waals surface area contributed by atoms with E-state index in [4.69, 9.17) is 4.74 Å². The molecule has 0 heterocycles. The molecule has 0 fully saturated rings. The van der Waals surface area contributed by atoms with Gasteiger partial charge in [-0.2, -0.15) is 0 Å². The summed E-state index contributed by atoms with van der Waals surface area (Å²) in [4.78, 5) is 24.6. The normalized spacial score (nSPS) is 13.9. The van der Waals surface area contributed by atoms with Crippen LogP contribution in [0.25, 0.3) is 0 Å². The van der Waals surface area contributed by atoms with Crippen molar-refractivity contribution >= 4 is 12.1 Å². The number of carboxylic acids is 1. The zero-order chi connectivity index (χ0) is 14.7. The Kier molecular flexibility index (Phi) is 5.20. The molecule has 0 unspecified atom stereocenters. The molecule has 5 nitrogen and oxygen atoms in total. The maximum absolute atomic E-state index is 12.0. The third-order valence-corrected chi connectivity index (χ3v) is 2.33. The van der Waals surface area contributed by atoms with E-state index in [-0.39, 0.29) is 0 Å². The van der Waals surface area contributed by atoms with Crippen molar-refractivity contribution in [1.82, 2.24) is 4.90 Å². The third-order valence-electron chi connectivity index (χ3n) is 2.33. The Morgan fingerprint density at radius 3 is 1.83 bits per heavy atom. The predicted molar refractivity (Wildman–Crippen MR) is 69.5 cm³/mol. The summed E-state index contributed by atoms with van der Waals surface area (Å²) >= 11 is 0. The number of carboxylic acid groups (broad SMARTS) is 1. The number of nitrogens with zero attached hydrogens (tertiary/aromatic N) is 1. The van der Waals surface area contributed by atoms with Crippen LogP contribution in [0.3, 0.4) is 0 Å². The van der Waals surface area contributed by atoms with Gasteiger partial charge >= 0.3 is 12.1 Å². The first-order chi connectivity index (χ1) is 7.90. The first-order valence-electron chi connectivity index (χ1n) is 6.12. The summed E-state index contributed by atoms with van der Waals surface area (Å²) in [6, 6.07) is -0.905. The molecule has 106 valence electrons. The standard InChI is InChI=1S/C13H25NO4/c1-8-14(11(17)18-13(5,6)7)9(10(15)16)12(2,3)4/h9H,8H2,1-7H3,(H,15,16)/t9-/m1/s1. The number of hydrogen-bond acceptors (Lipinski definition) is 3. The van der Waals surface area contributed by atoms with Gasteiger partial charge in [0.25, 0.3) is 0 Å². The van der Waals surface area contributed by atoms with Crippen LogP contribution in [0.15, 0.2) is 0 Å². The van der Waals surface area contributed by atoms with Crippen molar-refractivity contribution in [1.29, 1.82) is 0 Å². The minimum Gasteiger partial charge on any atom is -0.480 e. The van der Waals surface area contributed by atoms with E-state index < -0.39 is 29.1 Å². The summed E-state index contributed by atoms with van der Waals surface area (Å²) in [5, 5.41) is 9.31. The maximum Gasteiger partial charge on any atom is 0.411 e. The monoisotopic (exact) mass is 259 g/mol. The van der Waals surface area contributed by atoms with Crippen molar-refractivity contribution in [2.24, 2.45) is 5.41 Å². The molecule has 0 aromatic heterocycles. The number of amides is 1. The number of carbonyl (C=O) groups excluding carboxylic acids is 1. The minimum atomic E-state index is -1.02. The van der Waals surface area contributed by atoms with Gasteiger partial charge in [-0.1, -0.05) is 20.8 Å². The van der Waals surface area contributed by atoms with E-state index in [1.54, 1.807) is 48.5 Å². The van der Waals surface area contributed by atoms with Crippen LogP contribution in [0.5, 0.6) is 0 Å². The number of likely N-dealkylation sites (N-methyl/N-ethyl adjacent to an activating group) is 1. The Labute approximate surface area is 109 Å². The third kappa shape index (κ3) is 4.94. The van der Waals surface area contributed by atoms with Crippen molar-refractivity contribution in [3.05, 3.63) is 0 Å². The fourth-order valence-corrected chi connectivity index (χ4v) is 1.71. The van der Waals surface area contributed by atoms with Crippen molar-refractivity contribution in [3.63, 3.8) is 0 Å². The van der Waals surface area contributed by atoms with Gasteiger partial charge in [0.2, 0.25) is 0 Å². The topological polar surface area (TPSA) is 66.8 Å². The maximum atomic E-state index is 12.0. The lowest BCUT2D eigenvalue weighted by Gasteiger charge is -2.37. The number of ether oxygens (including phenoxy) is 1. The predicted octanol–water partition coefficient (Wildman–Crippen LogP) is 2.74. The highest BCUT2D eigenvalue weighted by Gasteiger charge is 2.39. The fraction of sp³-hybridized carbons (Fsp3) is 0.846. The molecule has 1 amide bonds. The van der Waals surface area contributed by atoms with E-state index in [2.05, 4.69) is 0 Å². The molecule has 0 saturated heterocycles. The van der Waals surface area contributed by atoms with E-state index >= 15 is 0 Å². The van der Waals surface area contributed by atoms with E-state index in [0.29, 0.717) is 6.54 Å². The van der Waals surface area contributed by atoms with Gasteiger partial charge in [0, 0.05) is 6.54 Å². The van der Waals surface area contributed by atoms with Gasteiger partial charge in [-0.05, 0) is 33.1 Å². The average Bonchev–Trinajstić information content (AvgIpc) is 2.07. The SMILES string of the molecule is CCN(C(=O)OC(C)(C)C)[C@H](C(=O)O)C(C)(C)C. The Morgan fingerprint density at radius 1 is 1.17 bits per heavy atom. The second kappa shape index (κ2) is 5.59. The quantitative estimate of drug-likeness (QED) is 0.846. The minimum absolute atomic E-state index is 0.295. The highest BCUT2D eigenvalue weighted by molar-refractivity contribution is 5.81. The molecule has 0 spiro atoms. The first-order valence-corrected chi connectivity index (χ1v) is 6.12. The number of carbonyl (C=O) groups is 2. The van der Waals surface area contributed by atoms with Gasteiger partial charge in [0.05, 0.1) is 0 Å². The summed E-state index contributed by atoms with van der Waals surface area (Å²) in [6.07, 6.45) is -0.590.